The number of Topliss-reactive ketones (excluding diaryl/α,β-unsaturated/α-hetero) is 2. The highest BCUT2D eigenvalue weighted by Crippen LogP contribution is 2.45. The van der Waals surface area contributed by atoms with Crippen molar-refractivity contribution < 1.29 is 9.59 Å². The number of nitrogens with one attached hydrogen (secondary N) is 6. The number of ketones is 2. The van der Waals surface area contributed by atoms with Crippen LogP contribution in [0, 0.1) is 48.5 Å². The van der Waals surface area contributed by atoms with Crippen LogP contribution in [0.4, 0.5) is 0 Å². The summed E-state index contributed by atoms with van der Waals surface area (Å²) in [5.41, 5.74) is 22.8. The van der Waals surface area contributed by atoms with Gasteiger partial charge in [0.15, 0.2) is 11.6 Å². The van der Waals surface area contributed by atoms with Crippen molar-refractivity contribution in [3.8, 4) is 0 Å². The van der Waals surface area contributed by atoms with Gasteiger partial charge in [0, 0.05) is 85.9 Å². The molecule has 4 unspecified atom stereocenters. The van der Waals surface area contributed by atoms with Gasteiger partial charge in [-0.05, 0) is 186 Å². The van der Waals surface area contributed by atoms with Crippen LogP contribution in [0.15, 0.2) is 206 Å². The van der Waals surface area contributed by atoms with Gasteiger partial charge in [-0.15, -0.1) is 0 Å². The molecule has 0 aliphatic carbocycles. The van der Waals surface area contributed by atoms with E-state index in [-0.39, 0.29) is 35.2 Å². The number of benzene rings is 8. The molecule has 8 heteroatoms. The van der Waals surface area contributed by atoms with Gasteiger partial charge in [0.05, 0.1) is 23.7 Å². The SMILES string of the molecule is CC(=O)c1c(C)[nH]c(C(c2ccc(C(c3[nH]c(C)c(CCC(=O)c4c(C)[nH]c(C(c5ccc(C(c6ccc(C)[nH]6)c6cccc7ccccc67)[nH]5)c5cccc6ccccc56)c4C)c3C)c3cccc4ccccc34)[nH]2)c2cccc3ccccc23)c1C. The molecule has 4 atom stereocenters. The fourth-order valence-corrected chi connectivity index (χ4v) is 15.1. The van der Waals surface area contributed by atoms with Gasteiger partial charge < -0.3 is 29.9 Å². The van der Waals surface area contributed by atoms with Gasteiger partial charge in [0.2, 0.25) is 0 Å². The molecule has 0 fully saturated rings. The summed E-state index contributed by atoms with van der Waals surface area (Å²) in [6.07, 6.45) is 0.902. The van der Waals surface area contributed by atoms with Crippen molar-refractivity contribution in [2.75, 3.05) is 0 Å². The molecule has 14 aromatic rings. The van der Waals surface area contributed by atoms with Gasteiger partial charge in [-0.25, -0.2) is 0 Å². The van der Waals surface area contributed by atoms with Crippen molar-refractivity contribution >= 4 is 54.7 Å². The number of H-pyrrole nitrogens is 6. The van der Waals surface area contributed by atoms with Gasteiger partial charge >= 0.3 is 0 Å². The number of carbonyl (C=O) groups is 2. The average Bonchev–Trinajstić information content (AvgIpc) is 1.70. The first-order valence-electron chi connectivity index (χ1n) is 30.8. The topological polar surface area (TPSA) is 129 Å². The van der Waals surface area contributed by atoms with Crippen molar-refractivity contribution in [2.24, 2.45) is 0 Å². The Labute approximate surface area is 513 Å². The number of hydrogen-bond acceptors (Lipinski definition) is 2. The normalized spacial score (nSPS) is 13.2. The monoisotopic (exact) mass is 1150 g/mol. The molecule has 6 N–H and O–H groups in total. The van der Waals surface area contributed by atoms with Crippen LogP contribution in [-0.4, -0.2) is 41.5 Å². The van der Waals surface area contributed by atoms with E-state index in [1.54, 1.807) is 6.92 Å². The van der Waals surface area contributed by atoms with Crippen molar-refractivity contribution in [3.63, 3.8) is 0 Å². The highest BCUT2D eigenvalue weighted by molar-refractivity contribution is 6.00. The lowest BCUT2D eigenvalue weighted by Gasteiger charge is -2.21. The molecular weight excluding hydrogens is 1080 g/mol. The van der Waals surface area contributed by atoms with E-state index in [9.17, 15) is 4.79 Å². The average molecular weight is 1150 g/mol. The van der Waals surface area contributed by atoms with E-state index < -0.39 is 0 Å². The van der Waals surface area contributed by atoms with E-state index in [1.165, 1.54) is 38.1 Å². The molecule has 6 heterocycles. The number of aromatic nitrogens is 6. The first-order valence-corrected chi connectivity index (χ1v) is 30.8. The smallest absolute Gasteiger partial charge is 0.165 e. The Morgan fingerprint density at radius 2 is 0.659 bits per heavy atom. The zero-order valence-electron chi connectivity index (χ0n) is 51.2. The zero-order chi connectivity index (χ0) is 60.5. The Kier molecular flexibility index (Phi) is 14.3. The summed E-state index contributed by atoms with van der Waals surface area (Å²) in [6.45, 7) is 16.4. The van der Waals surface area contributed by atoms with Crippen LogP contribution in [0.25, 0.3) is 43.1 Å². The molecular formula is C80H72N6O2. The van der Waals surface area contributed by atoms with Crippen LogP contribution in [-0.2, 0) is 6.42 Å². The molecule has 0 saturated heterocycles. The van der Waals surface area contributed by atoms with Gasteiger partial charge in [-0.1, -0.05) is 170 Å². The summed E-state index contributed by atoms with van der Waals surface area (Å²) in [6, 6.07) is 74.1. The number of rotatable bonds is 17. The summed E-state index contributed by atoms with van der Waals surface area (Å²) < 4.78 is 0. The largest absolute Gasteiger partial charge is 0.362 e. The minimum absolute atomic E-state index is 0.0495. The molecule has 0 amide bonds. The van der Waals surface area contributed by atoms with E-state index in [0.29, 0.717) is 12.8 Å². The summed E-state index contributed by atoms with van der Waals surface area (Å²) >= 11 is 0. The first-order chi connectivity index (χ1) is 42.8. The molecule has 0 bridgehead atoms. The van der Waals surface area contributed by atoms with E-state index in [4.69, 9.17) is 0 Å². The maximum absolute atomic E-state index is 15.2. The highest BCUT2D eigenvalue weighted by atomic mass is 16.1. The lowest BCUT2D eigenvalue weighted by Crippen LogP contribution is -2.10. The third-order valence-electron chi connectivity index (χ3n) is 19.1. The van der Waals surface area contributed by atoms with Crippen molar-refractivity contribution in [2.45, 2.75) is 91.9 Å². The maximum atomic E-state index is 15.2. The number of aromatic amines is 6. The van der Waals surface area contributed by atoms with Crippen molar-refractivity contribution in [1.82, 2.24) is 29.9 Å². The number of hydrogen-bond donors (Lipinski definition) is 6. The number of aryl methyl sites for hydroxylation is 4. The van der Waals surface area contributed by atoms with Gasteiger partial charge in [0.25, 0.3) is 0 Å². The third-order valence-corrected chi connectivity index (χ3v) is 19.1. The summed E-state index contributed by atoms with van der Waals surface area (Å²) in [7, 11) is 0. The Balaban J connectivity index is 0.830. The minimum Gasteiger partial charge on any atom is -0.362 e. The van der Waals surface area contributed by atoms with E-state index in [0.717, 1.165) is 129 Å². The Hall–Kier alpha value is -10.2. The minimum atomic E-state index is -0.244. The zero-order valence-corrected chi connectivity index (χ0v) is 51.2. The van der Waals surface area contributed by atoms with E-state index >= 15 is 4.79 Å². The molecule has 6 aromatic heterocycles. The third kappa shape index (κ3) is 9.64. The van der Waals surface area contributed by atoms with Crippen LogP contribution < -0.4 is 0 Å². The molecule has 0 saturated carbocycles. The van der Waals surface area contributed by atoms with E-state index in [1.807, 2.05) is 6.92 Å². The second-order valence-electron chi connectivity index (χ2n) is 24.4. The van der Waals surface area contributed by atoms with Crippen LogP contribution >= 0.6 is 0 Å². The van der Waals surface area contributed by atoms with Crippen molar-refractivity contribution in [3.05, 3.63) is 330 Å². The maximum Gasteiger partial charge on any atom is 0.165 e. The Bertz CT molecular complexity index is 4980. The van der Waals surface area contributed by atoms with Crippen LogP contribution in [0.1, 0.15) is 171 Å². The fourth-order valence-electron chi connectivity index (χ4n) is 15.1. The molecule has 0 spiro atoms. The Morgan fingerprint density at radius 1 is 0.330 bits per heavy atom. The summed E-state index contributed by atoms with van der Waals surface area (Å²) in [4.78, 5) is 51.7. The summed E-state index contributed by atoms with van der Waals surface area (Å²) in [5.74, 6) is -0.624. The van der Waals surface area contributed by atoms with Gasteiger partial charge in [0.1, 0.15) is 0 Å². The highest BCUT2D eigenvalue weighted by Gasteiger charge is 2.33. The molecule has 8 aromatic carbocycles. The quantitative estimate of drug-likeness (QED) is 0.0508. The van der Waals surface area contributed by atoms with Crippen LogP contribution in [0.5, 0.6) is 0 Å². The number of carbonyl (C=O) groups excluding carboxylic acids is 2. The van der Waals surface area contributed by atoms with Crippen molar-refractivity contribution in [1.29, 1.82) is 0 Å². The lowest BCUT2D eigenvalue weighted by atomic mass is 9.86. The molecule has 0 radical (unpaired) electrons. The molecule has 8 nitrogen and oxygen atoms in total. The fraction of sp³-hybridized carbons (Fsp3) is 0.175. The standard InChI is InChI=1S/C80H72N6O2/c1-45-37-39-66(81-45)74(62-33-17-25-53-21-9-13-29-58(53)62)67-40-41-69(85-67)77(65-36-20-28-56-24-12-16-32-61(56)65)80-48(4)73(51(7)84-80)71(88)44-38-57-46(2)78(82-49(57)5)75(63-34-18-26-54-22-10-14-30-59(54)63)68-42-43-70(86-68)76(79-47(3)72(52(8)87)50(6)83-79)64-35-19-27-55-23-11-15-31-60(55)64/h9-37,39-43,74-77,81-86H,38,44H2,1-8H3. The van der Waals surface area contributed by atoms with Crippen LogP contribution in [0.3, 0.4) is 0 Å². The molecule has 88 heavy (non-hydrogen) atoms. The predicted octanol–water partition coefficient (Wildman–Crippen LogP) is 19.2. The molecule has 14 rings (SSSR count). The predicted molar refractivity (Wildman–Crippen MR) is 360 cm³/mol. The summed E-state index contributed by atoms with van der Waals surface area (Å²) in [5, 5.41) is 9.41. The van der Waals surface area contributed by atoms with Gasteiger partial charge in [-0.3, -0.25) is 9.59 Å². The molecule has 0 aliphatic rings. The lowest BCUT2D eigenvalue weighted by molar-refractivity contribution is 0.0979. The second-order valence-corrected chi connectivity index (χ2v) is 24.4. The van der Waals surface area contributed by atoms with E-state index in [2.05, 4.69) is 278 Å². The number of fused-ring (bicyclic) bond motifs is 4. The Morgan fingerprint density at radius 3 is 1.06 bits per heavy atom. The molecule has 0 aliphatic heterocycles. The van der Waals surface area contributed by atoms with Crippen LogP contribution in [0.2, 0.25) is 0 Å². The first kappa shape index (κ1) is 55.7. The van der Waals surface area contributed by atoms with Gasteiger partial charge in [-0.2, -0.15) is 0 Å². The molecule has 434 valence electrons. The second kappa shape index (κ2) is 22.6.